The number of nitrogens with zero attached hydrogens (tertiary/aromatic N) is 1. The Labute approximate surface area is 144 Å². The maximum Gasteiger partial charge on any atom is 0.271 e. The molecular weight excluding hydrogens is 326 g/mol. The van der Waals surface area contributed by atoms with E-state index in [4.69, 9.17) is 0 Å². The highest BCUT2D eigenvalue weighted by Gasteiger charge is 2.35. The second kappa shape index (κ2) is 6.43. The van der Waals surface area contributed by atoms with Crippen molar-refractivity contribution >= 4 is 11.7 Å². The number of carbonyl (C=O) groups excluding carboxylic acids is 2. The van der Waals surface area contributed by atoms with E-state index >= 15 is 0 Å². The first-order valence-corrected chi connectivity index (χ1v) is 8.24. The highest BCUT2D eigenvalue weighted by Crippen LogP contribution is 2.31. The average molecular weight is 346 g/mol. The van der Waals surface area contributed by atoms with E-state index in [9.17, 15) is 18.4 Å². The lowest BCUT2D eigenvalue weighted by Crippen LogP contribution is -2.33. The fourth-order valence-corrected chi connectivity index (χ4v) is 3.22. The van der Waals surface area contributed by atoms with E-state index in [2.05, 4.69) is 4.98 Å². The molecule has 1 heterocycles. The molecule has 1 fully saturated rings. The number of nitrogens with one attached hydrogen (secondary N) is 1. The maximum atomic E-state index is 14.0. The zero-order valence-corrected chi connectivity index (χ0v) is 14.5. The van der Waals surface area contributed by atoms with Gasteiger partial charge in [-0.05, 0) is 45.2 Å². The fraction of sp³-hybridized carbons (Fsp3) is 0.368. The van der Waals surface area contributed by atoms with Gasteiger partial charge in [0.05, 0.1) is 0 Å². The van der Waals surface area contributed by atoms with Crippen LogP contribution in [0, 0.1) is 25.5 Å². The number of ketones is 1. The summed E-state index contributed by atoms with van der Waals surface area (Å²) in [7, 11) is 0. The van der Waals surface area contributed by atoms with Gasteiger partial charge in [0.15, 0.2) is 5.78 Å². The van der Waals surface area contributed by atoms with Crippen LogP contribution in [0.15, 0.2) is 18.2 Å². The van der Waals surface area contributed by atoms with Gasteiger partial charge in [-0.15, -0.1) is 0 Å². The van der Waals surface area contributed by atoms with Crippen LogP contribution in [0.3, 0.4) is 0 Å². The van der Waals surface area contributed by atoms with Crippen LogP contribution in [-0.4, -0.2) is 27.6 Å². The molecule has 0 unspecified atom stereocenters. The Morgan fingerprint density at radius 2 is 1.92 bits per heavy atom. The molecule has 0 saturated heterocycles. The monoisotopic (exact) mass is 346 g/mol. The molecule has 0 spiro atoms. The third kappa shape index (κ3) is 3.34. The molecule has 0 aliphatic heterocycles. The van der Waals surface area contributed by atoms with Crippen molar-refractivity contribution in [3.05, 3.63) is 57.9 Å². The molecule has 4 nitrogen and oxygen atoms in total. The smallest absolute Gasteiger partial charge is 0.271 e. The number of aryl methyl sites for hydroxylation is 1. The van der Waals surface area contributed by atoms with Crippen molar-refractivity contribution in [3.63, 3.8) is 0 Å². The molecule has 1 aromatic heterocycles. The van der Waals surface area contributed by atoms with Crippen LogP contribution >= 0.6 is 0 Å². The molecule has 1 aliphatic rings. The summed E-state index contributed by atoms with van der Waals surface area (Å²) in [5.41, 5.74) is 2.41. The predicted octanol–water partition coefficient (Wildman–Crippen LogP) is 3.92. The number of H-pyrrole nitrogens is 1. The number of halogens is 2. The number of hydrogen-bond acceptors (Lipinski definition) is 2. The van der Waals surface area contributed by atoms with Crippen LogP contribution in [0.25, 0.3) is 0 Å². The zero-order chi connectivity index (χ0) is 18.3. The van der Waals surface area contributed by atoms with Crippen molar-refractivity contribution in [2.45, 2.75) is 46.2 Å². The first-order chi connectivity index (χ1) is 11.8. The Bertz CT molecular complexity index is 853. The van der Waals surface area contributed by atoms with Gasteiger partial charge in [0.1, 0.15) is 17.3 Å². The van der Waals surface area contributed by atoms with E-state index in [1.165, 1.54) is 19.1 Å². The summed E-state index contributed by atoms with van der Waals surface area (Å²) in [6, 6.07) is 3.41. The Morgan fingerprint density at radius 3 is 2.44 bits per heavy atom. The normalized spacial score (nSPS) is 13.8. The van der Waals surface area contributed by atoms with Crippen LogP contribution in [0.1, 0.15) is 57.4 Å². The predicted molar refractivity (Wildman–Crippen MR) is 89.5 cm³/mol. The number of aromatic nitrogens is 1. The minimum absolute atomic E-state index is 0.0423. The van der Waals surface area contributed by atoms with Gasteiger partial charge in [-0.25, -0.2) is 8.78 Å². The van der Waals surface area contributed by atoms with Crippen molar-refractivity contribution in [2.75, 3.05) is 0 Å². The van der Waals surface area contributed by atoms with E-state index in [0.29, 0.717) is 22.5 Å². The first-order valence-electron chi connectivity index (χ1n) is 8.24. The number of carbonyl (C=O) groups is 2. The van der Waals surface area contributed by atoms with Crippen molar-refractivity contribution < 1.29 is 18.4 Å². The summed E-state index contributed by atoms with van der Waals surface area (Å²) in [5, 5.41) is 0. The van der Waals surface area contributed by atoms with Gasteiger partial charge in [-0.3, -0.25) is 9.59 Å². The number of Topliss-reactive ketones (excluding diaryl/α,β-unsaturated/α-hetero) is 1. The molecule has 0 radical (unpaired) electrons. The lowest BCUT2D eigenvalue weighted by atomic mass is 10.1. The number of rotatable bonds is 5. The Hall–Kier alpha value is -2.50. The molecule has 2 aromatic rings. The van der Waals surface area contributed by atoms with Crippen LogP contribution in [0.5, 0.6) is 0 Å². The molecule has 1 amide bonds. The van der Waals surface area contributed by atoms with Crippen molar-refractivity contribution in [2.24, 2.45) is 0 Å². The van der Waals surface area contributed by atoms with E-state index in [1.807, 2.05) is 0 Å². The van der Waals surface area contributed by atoms with E-state index in [1.54, 1.807) is 18.7 Å². The summed E-state index contributed by atoms with van der Waals surface area (Å²) in [6.07, 6.45) is 1.71. The van der Waals surface area contributed by atoms with Gasteiger partial charge in [0.2, 0.25) is 0 Å². The molecule has 1 N–H and O–H groups in total. The van der Waals surface area contributed by atoms with Gasteiger partial charge in [-0.2, -0.15) is 0 Å². The van der Waals surface area contributed by atoms with E-state index in [-0.39, 0.29) is 29.8 Å². The maximum absolute atomic E-state index is 14.0. The summed E-state index contributed by atoms with van der Waals surface area (Å²) >= 11 is 0. The second-order valence-electron chi connectivity index (χ2n) is 6.58. The summed E-state index contributed by atoms with van der Waals surface area (Å²) in [6.45, 7) is 5.02. The molecule has 0 bridgehead atoms. The number of amides is 1. The second-order valence-corrected chi connectivity index (χ2v) is 6.58. The van der Waals surface area contributed by atoms with Crippen molar-refractivity contribution in [1.29, 1.82) is 0 Å². The molecule has 1 saturated carbocycles. The van der Waals surface area contributed by atoms with Gasteiger partial charge in [0.25, 0.3) is 5.91 Å². The molecular formula is C19H20F2N2O2. The van der Waals surface area contributed by atoms with Crippen molar-refractivity contribution in [1.82, 2.24) is 9.88 Å². The minimum Gasteiger partial charge on any atom is -0.354 e. The quantitative estimate of drug-likeness (QED) is 0.835. The Morgan fingerprint density at radius 1 is 1.24 bits per heavy atom. The third-order valence-corrected chi connectivity index (χ3v) is 4.61. The Kier molecular flexibility index (Phi) is 4.45. The molecule has 6 heteroatoms. The highest BCUT2D eigenvalue weighted by atomic mass is 19.1. The van der Waals surface area contributed by atoms with Crippen LogP contribution < -0.4 is 0 Å². The number of aromatic amines is 1. The van der Waals surface area contributed by atoms with Gasteiger partial charge in [-0.1, -0.05) is 6.07 Å². The fourth-order valence-electron chi connectivity index (χ4n) is 3.22. The highest BCUT2D eigenvalue weighted by molar-refractivity contribution is 6.02. The van der Waals surface area contributed by atoms with Crippen molar-refractivity contribution in [3.8, 4) is 0 Å². The lowest BCUT2D eigenvalue weighted by molar-refractivity contribution is 0.0722. The molecule has 25 heavy (non-hydrogen) atoms. The molecule has 1 aliphatic carbocycles. The number of benzene rings is 1. The third-order valence-electron chi connectivity index (χ3n) is 4.61. The molecule has 132 valence electrons. The summed E-state index contributed by atoms with van der Waals surface area (Å²) in [5.74, 6) is -1.68. The SMILES string of the molecule is CC(=O)c1c(C)[nH]c(C(=O)N(Cc2ccc(F)cc2F)C2CC2)c1C. The largest absolute Gasteiger partial charge is 0.354 e. The van der Waals surface area contributed by atoms with E-state index in [0.717, 1.165) is 18.9 Å². The van der Waals surface area contributed by atoms with Gasteiger partial charge in [0, 0.05) is 35.5 Å². The molecule has 0 atom stereocenters. The zero-order valence-electron chi connectivity index (χ0n) is 14.5. The lowest BCUT2D eigenvalue weighted by Gasteiger charge is -2.23. The van der Waals surface area contributed by atoms with Crippen LogP contribution in [0.4, 0.5) is 8.78 Å². The summed E-state index contributed by atoms with van der Waals surface area (Å²) in [4.78, 5) is 29.4. The van der Waals surface area contributed by atoms with E-state index < -0.39 is 11.6 Å². The average Bonchev–Trinajstić information content (AvgIpc) is 3.31. The molecule has 3 rings (SSSR count). The van der Waals surface area contributed by atoms with Gasteiger partial charge >= 0.3 is 0 Å². The number of hydrogen-bond donors (Lipinski definition) is 1. The van der Waals surface area contributed by atoms with Crippen LogP contribution in [-0.2, 0) is 6.54 Å². The minimum atomic E-state index is -0.665. The van der Waals surface area contributed by atoms with Gasteiger partial charge < -0.3 is 9.88 Å². The first kappa shape index (κ1) is 17.3. The van der Waals surface area contributed by atoms with Crippen LogP contribution in [0.2, 0.25) is 0 Å². The Balaban J connectivity index is 1.92. The summed E-state index contributed by atoms with van der Waals surface area (Å²) < 4.78 is 27.1. The topological polar surface area (TPSA) is 53.2 Å². The molecule has 1 aromatic carbocycles. The standard InChI is InChI=1S/C19H20F2N2O2/c1-10-17(12(3)24)11(2)22-18(10)19(25)23(15-6-7-15)9-13-4-5-14(20)8-16(13)21/h4-5,8,15,22H,6-7,9H2,1-3H3.